The van der Waals surface area contributed by atoms with E-state index < -0.39 is 25.5 Å². The topological polar surface area (TPSA) is 105 Å². The second-order valence-corrected chi connectivity index (χ2v) is 9.78. The van der Waals surface area contributed by atoms with Gasteiger partial charge in [0, 0.05) is 6.99 Å². The van der Waals surface area contributed by atoms with Gasteiger partial charge in [-0.3, -0.25) is 9.32 Å². The Hall–Kier alpha value is -2.14. The van der Waals surface area contributed by atoms with Gasteiger partial charge in [-0.1, -0.05) is 26.8 Å². The fraction of sp³-hybridized carbons (Fsp3) is 0.619. The van der Waals surface area contributed by atoms with Crippen molar-refractivity contribution in [2.75, 3.05) is 13.2 Å². The zero-order valence-electron chi connectivity index (χ0n) is 18.2. The molecule has 8 heteroatoms. The highest BCUT2D eigenvalue weighted by Crippen LogP contribution is 2.42. The molecule has 0 fully saturated rings. The average molecular weight is 428 g/mol. The van der Waals surface area contributed by atoms with E-state index >= 15 is 0 Å². The van der Waals surface area contributed by atoms with Crippen molar-refractivity contribution in [2.24, 2.45) is 5.73 Å². The van der Waals surface area contributed by atoms with E-state index in [9.17, 15) is 14.2 Å². The maximum Gasteiger partial charge on any atom is 0.558 e. The zero-order chi connectivity index (χ0) is 22.2. The summed E-state index contributed by atoms with van der Waals surface area (Å²) in [5.74, 6) is 0.000798. The van der Waals surface area contributed by atoms with Gasteiger partial charge < -0.3 is 15.2 Å². The summed E-state index contributed by atoms with van der Waals surface area (Å²) in [6, 6.07) is 3.70. The normalized spacial score (nSPS) is 11.9. The summed E-state index contributed by atoms with van der Waals surface area (Å²) in [6.45, 7) is 11.8. The van der Waals surface area contributed by atoms with Crippen molar-refractivity contribution in [1.82, 2.24) is 0 Å². The van der Waals surface area contributed by atoms with E-state index in [1.807, 2.05) is 53.7 Å². The Kier molecular flexibility index (Phi) is 9.57. The van der Waals surface area contributed by atoms with Crippen molar-refractivity contribution >= 4 is 20.1 Å². The van der Waals surface area contributed by atoms with E-state index in [2.05, 4.69) is 0 Å². The van der Waals surface area contributed by atoms with Crippen LogP contribution in [-0.2, 0) is 30.7 Å². The first-order valence-corrected chi connectivity index (χ1v) is 11.1. The summed E-state index contributed by atoms with van der Waals surface area (Å²) in [7, 11) is -1.93. The van der Waals surface area contributed by atoms with E-state index in [1.165, 1.54) is 0 Å². The minimum atomic E-state index is -1.93. The van der Waals surface area contributed by atoms with Crippen LogP contribution in [0.3, 0.4) is 0 Å². The molecule has 1 atom stereocenters. The number of nitrogens with two attached hydrogens (primary N) is 1. The minimum absolute atomic E-state index is 0. The van der Waals surface area contributed by atoms with Crippen LogP contribution in [-0.4, -0.2) is 30.9 Å². The molecule has 0 aliphatic rings. The van der Waals surface area contributed by atoms with Gasteiger partial charge in [-0.15, -0.1) is 0 Å². The maximum atomic E-state index is 12.4. The Bertz CT molecular complexity index is 751. The van der Waals surface area contributed by atoms with Gasteiger partial charge in [-0.25, -0.2) is 4.79 Å². The van der Waals surface area contributed by atoms with Crippen molar-refractivity contribution in [3.05, 3.63) is 28.8 Å². The van der Waals surface area contributed by atoms with Crippen molar-refractivity contribution in [3.8, 4) is 5.75 Å². The molecule has 164 valence electrons. The van der Waals surface area contributed by atoms with E-state index in [4.69, 9.17) is 19.7 Å². The Morgan fingerprint density at radius 2 is 1.83 bits per heavy atom. The summed E-state index contributed by atoms with van der Waals surface area (Å²) in [4.78, 5) is 23.2. The number of carbonyl (C=O) groups is 2. The molecule has 0 heterocycles. The van der Waals surface area contributed by atoms with Gasteiger partial charge in [0.2, 0.25) is 5.91 Å². The van der Waals surface area contributed by atoms with Gasteiger partial charge >= 0.3 is 14.2 Å². The number of hydrogen-bond donors (Lipinski definition) is 1. The molecular weight excluding hydrogens is 393 g/mol. The predicted molar refractivity (Wildman–Crippen MR) is 115 cm³/mol. The van der Waals surface area contributed by atoms with Crippen LogP contribution in [0.1, 0.15) is 65.6 Å². The molecule has 0 aliphatic carbocycles. The first-order chi connectivity index (χ1) is 13.5. The molecule has 7 nitrogen and oxygen atoms in total. The number of carbonyl (C=O) groups excluding carboxylic acids is 2. The third-order valence-electron chi connectivity index (χ3n) is 4.35. The lowest BCUT2D eigenvalue weighted by Gasteiger charge is -2.28. The Balaban J connectivity index is 0.00000841. The van der Waals surface area contributed by atoms with Crippen LogP contribution in [0.25, 0.3) is 0 Å². The highest BCUT2D eigenvalue weighted by atomic mass is 31.1. The van der Waals surface area contributed by atoms with Crippen molar-refractivity contribution in [2.45, 2.75) is 71.9 Å². The summed E-state index contributed by atoms with van der Waals surface area (Å²) in [5, 5.41) is 0. The number of ether oxygens (including phenoxy) is 2. The third kappa shape index (κ3) is 8.01. The molecule has 0 saturated carbocycles. The molecule has 1 unspecified atom stereocenters. The smallest absolute Gasteiger partial charge is 0.434 e. The van der Waals surface area contributed by atoms with Crippen LogP contribution in [0.5, 0.6) is 5.75 Å². The lowest BCUT2D eigenvalue weighted by atomic mass is 9.77. The van der Waals surface area contributed by atoms with Crippen molar-refractivity contribution in [3.63, 3.8) is 0 Å². The number of benzene rings is 1. The molecule has 1 aromatic carbocycles. The van der Waals surface area contributed by atoms with E-state index in [0.717, 1.165) is 23.1 Å². The fourth-order valence-electron chi connectivity index (χ4n) is 2.94. The quantitative estimate of drug-likeness (QED) is 0.391. The number of amides is 1. The highest BCUT2D eigenvalue weighted by molar-refractivity contribution is 7.40. The standard InChI is InChI=1S/C21H32NO6P.H2/c1-7-9-26-20(24)27-10-8-21(5,6)19-16(13-18(22)23)11-15(4)12-17(19)28-29(25)14(2)3;/h11-12,14H,7-10,13H2,1-6H3,(H-,22,23);1H/p+1. The number of primary amides is 1. The Labute approximate surface area is 175 Å². The first kappa shape index (κ1) is 24.9. The SMILES string of the molecule is CCCOC(=O)OCCC(C)(C)c1c(CC(N)=O)cc(C)cc1O[P+](=O)C(C)C.[HH]. The van der Waals surface area contributed by atoms with Gasteiger partial charge in [0.15, 0.2) is 11.4 Å². The second kappa shape index (κ2) is 11.1. The second-order valence-electron chi connectivity index (χ2n) is 7.99. The molecule has 0 spiro atoms. The van der Waals surface area contributed by atoms with Crippen molar-refractivity contribution in [1.29, 1.82) is 0 Å². The van der Waals surface area contributed by atoms with Crippen LogP contribution in [0, 0.1) is 6.92 Å². The molecule has 29 heavy (non-hydrogen) atoms. The van der Waals surface area contributed by atoms with Crippen LogP contribution in [0.2, 0.25) is 0 Å². The number of rotatable bonds is 11. The third-order valence-corrected chi connectivity index (χ3v) is 5.57. The van der Waals surface area contributed by atoms with Gasteiger partial charge in [-0.05, 0) is 60.8 Å². The molecule has 0 aliphatic heterocycles. The molecule has 0 aromatic heterocycles. The van der Waals surface area contributed by atoms with Gasteiger partial charge in [0.25, 0.3) is 0 Å². The van der Waals surface area contributed by atoms with E-state index in [1.54, 1.807) is 0 Å². The molecule has 2 N–H and O–H groups in total. The number of hydrogen-bond acceptors (Lipinski definition) is 6. The van der Waals surface area contributed by atoms with Crippen LogP contribution < -0.4 is 10.3 Å². The summed E-state index contributed by atoms with van der Waals surface area (Å²) >= 11 is 0. The molecule has 0 radical (unpaired) electrons. The van der Waals surface area contributed by atoms with Crippen molar-refractivity contribution < 1.29 is 29.6 Å². The predicted octanol–water partition coefficient (Wildman–Crippen LogP) is 5.03. The lowest BCUT2D eigenvalue weighted by molar-refractivity contribution is -0.117. The molecule has 1 aromatic rings. The Morgan fingerprint density at radius 3 is 2.38 bits per heavy atom. The molecule has 0 saturated heterocycles. The molecular formula is C21H35NO6P+. The zero-order valence-corrected chi connectivity index (χ0v) is 19.1. The van der Waals surface area contributed by atoms with E-state index in [0.29, 0.717) is 18.8 Å². The first-order valence-electron chi connectivity index (χ1n) is 9.84. The van der Waals surface area contributed by atoms with E-state index in [-0.39, 0.29) is 20.1 Å². The molecule has 1 amide bonds. The summed E-state index contributed by atoms with van der Waals surface area (Å²) in [6.07, 6.45) is 0.505. The van der Waals surface area contributed by atoms with Gasteiger partial charge in [-0.2, -0.15) is 0 Å². The summed E-state index contributed by atoms with van der Waals surface area (Å²) in [5.41, 5.74) is 7.10. The Morgan fingerprint density at radius 1 is 1.21 bits per heavy atom. The van der Waals surface area contributed by atoms with Crippen LogP contribution >= 0.6 is 8.03 Å². The minimum Gasteiger partial charge on any atom is -0.434 e. The van der Waals surface area contributed by atoms with Crippen LogP contribution in [0.4, 0.5) is 4.79 Å². The monoisotopic (exact) mass is 428 g/mol. The largest absolute Gasteiger partial charge is 0.558 e. The summed E-state index contributed by atoms with van der Waals surface area (Å²) < 4.78 is 28.3. The average Bonchev–Trinajstić information content (AvgIpc) is 2.58. The number of aryl methyl sites for hydroxylation is 1. The van der Waals surface area contributed by atoms with Crippen LogP contribution in [0.15, 0.2) is 12.1 Å². The highest BCUT2D eigenvalue weighted by Gasteiger charge is 2.34. The van der Waals surface area contributed by atoms with Gasteiger partial charge in [0.05, 0.1) is 19.6 Å². The fourth-order valence-corrected chi connectivity index (χ4v) is 3.49. The molecule has 0 bridgehead atoms. The maximum absolute atomic E-state index is 12.4. The van der Waals surface area contributed by atoms with Gasteiger partial charge in [0.1, 0.15) is 0 Å². The molecule has 1 rings (SSSR count). The lowest BCUT2D eigenvalue weighted by Crippen LogP contribution is -2.25.